The van der Waals surface area contributed by atoms with Crippen molar-refractivity contribution in [3.05, 3.63) is 33.8 Å². The first-order chi connectivity index (χ1) is 7.18. The van der Waals surface area contributed by atoms with Gasteiger partial charge < -0.3 is 5.32 Å². The van der Waals surface area contributed by atoms with E-state index in [1.165, 1.54) is 12.8 Å². The van der Waals surface area contributed by atoms with Crippen LogP contribution in [0.15, 0.2) is 18.2 Å². The smallest absolute Gasteiger partial charge is 0.0442 e. The van der Waals surface area contributed by atoms with Crippen LogP contribution < -0.4 is 5.32 Å². The van der Waals surface area contributed by atoms with E-state index in [0.29, 0.717) is 12.0 Å². The van der Waals surface area contributed by atoms with E-state index in [2.05, 4.69) is 12.2 Å². The quantitative estimate of drug-likeness (QED) is 0.833. The van der Waals surface area contributed by atoms with Crippen molar-refractivity contribution in [3.8, 4) is 0 Å². The van der Waals surface area contributed by atoms with Gasteiger partial charge in [-0.05, 0) is 49.1 Å². The second-order valence-electron chi connectivity index (χ2n) is 4.16. The van der Waals surface area contributed by atoms with Crippen molar-refractivity contribution in [2.45, 2.75) is 31.7 Å². The maximum absolute atomic E-state index is 6.18. The second-order valence-corrected chi connectivity index (χ2v) is 5.00. The number of halogens is 2. The number of rotatable bonds is 2. The first-order valence-corrected chi connectivity index (χ1v) is 6.12. The van der Waals surface area contributed by atoms with E-state index in [0.717, 1.165) is 22.2 Å². The van der Waals surface area contributed by atoms with Crippen LogP contribution in [0.25, 0.3) is 0 Å². The van der Waals surface area contributed by atoms with E-state index in [1.807, 2.05) is 18.2 Å². The third kappa shape index (κ3) is 2.47. The van der Waals surface area contributed by atoms with Gasteiger partial charge in [-0.3, -0.25) is 0 Å². The summed E-state index contributed by atoms with van der Waals surface area (Å²) in [7, 11) is 0. The lowest BCUT2D eigenvalue weighted by molar-refractivity contribution is 0.518. The molecular weight excluding hydrogens is 229 g/mol. The summed E-state index contributed by atoms with van der Waals surface area (Å²) >= 11 is 12.2. The molecule has 2 rings (SSSR count). The fraction of sp³-hybridized carbons (Fsp3) is 0.500. The van der Waals surface area contributed by atoms with Gasteiger partial charge in [0, 0.05) is 16.1 Å². The van der Waals surface area contributed by atoms with Crippen LogP contribution in [0.1, 0.15) is 31.2 Å². The lowest BCUT2D eigenvalue weighted by Crippen LogP contribution is -2.27. The summed E-state index contributed by atoms with van der Waals surface area (Å²) in [6.45, 7) is 3.33. The van der Waals surface area contributed by atoms with Crippen LogP contribution in [0.2, 0.25) is 10.0 Å². The van der Waals surface area contributed by atoms with Crippen molar-refractivity contribution in [1.29, 1.82) is 0 Å². The van der Waals surface area contributed by atoms with Crippen LogP contribution in [-0.4, -0.2) is 12.6 Å². The number of hydrogen-bond donors (Lipinski definition) is 1. The number of benzene rings is 1. The van der Waals surface area contributed by atoms with Gasteiger partial charge in [0.2, 0.25) is 0 Å². The van der Waals surface area contributed by atoms with Crippen molar-refractivity contribution in [1.82, 2.24) is 5.32 Å². The average molecular weight is 244 g/mol. The highest BCUT2D eigenvalue weighted by Crippen LogP contribution is 2.32. The molecule has 15 heavy (non-hydrogen) atoms. The first-order valence-electron chi connectivity index (χ1n) is 5.37. The van der Waals surface area contributed by atoms with Gasteiger partial charge in [-0.2, -0.15) is 0 Å². The lowest BCUT2D eigenvalue weighted by Gasteiger charge is -2.21. The van der Waals surface area contributed by atoms with Gasteiger partial charge in [-0.25, -0.2) is 0 Å². The average Bonchev–Trinajstić information content (AvgIpc) is 2.74. The Bertz CT molecular complexity index is 345. The molecule has 0 bridgehead atoms. The van der Waals surface area contributed by atoms with Crippen LogP contribution >= 0.6 is 23.2 Å². The summed E-state index contributed by atoms with van der Waals surface area (Å²) in [6, 6.07) is 6.24. The molecular formula is C12H15Cl2N. The van der Waals surface area contributed by atoms with E-state index < -0.39 is 0 Å². The van der Waals surface area contributed by atoms with E-state index in [-0.39, 0.29) is 0 Å². The van der Waals surface area contributed by atoms with Crippen molar-refractivity contribution < 1.29 is 0 Å². The number of hydrogen-bond acceptors (Lipinski definition) is 1. The summed E-state index contributed by atoms with van der Waals surface area (Å²) in [5.74, 6) is 0.429. The SMILES string of the molecule is C[C@H](c1cc(Cl)ccc1Cl)C1CCCN1. The van der Waals surface area contributed by atoms with Gasteiger partial charge in [0.05, 0.1) is 0 Å². The highest BCUT2D eigenvalue weighted by molar-refractivity contribution is 6.33. The summed E-state index contributed by atoms with van der Waals surface area (Å²) in [4.78, 5) is 0. The second kappa shape index (κ2) is 4.73. The fourth-order valence-corrected chi connectivity index (χ4v) is 2.69. The lowest BCUT2D eigenvalue weighted by atomic mass is 9.92. The van der Waals surface area contributed by atoms with E-state index >= 15 is 0 Å². The van der Waals surface area contributed by atoms with Crippen molar-refractivity contribution >= 4 is 23.2 Å². The zero-order valence-corrected chi connectivity index (χ0v) is 10.3. The molecule has 1 aromatic rings. The summed E-state index contributed by atoms with van der Waals surface area (Å²) in [5.41, 5.74) is 1.16. The van der Waals surface area contributed by atoms with Gasteiger partial charge in [0.1, 0.15) is 0 Å². The fourth-order valence-electron chi connectivity index (χ4n) is 2.22. The Balaban J connectivity index is 2.23. The van der Waals surface area contributed by atoms with Crippen LogP contribution in [0.3, 0.4) is 0 Å². The summed E-state index contributed by atoms with van der Waals surface area (Å²) in [6.07, 6.45) is 2.48. The standard InChI is InChI=1S/C12H15Cl2N/c1-8(12-3-2-6-15-12)10-7-9(13)4-5-11(10)14/h4-5,7-8,12,15H,2-3,6H2,1H3/t8-,12?/m1/s1. The molecule has 0 spiro atoms. The van der Waals surface area contributed by atoms with Gasteiger partial charge >= 0.3 is 0 Å². The Morgan fingerprint density at radius 1 is 1.40 bits per heavy atom. The Morgan fingerprint density at radius 3 is 2.87 bits per heavy atom. The highest BCUT2D eigenvalue weighted by atomic mass is 35.5. The summed E-state index contributed by atoms with van der Waals surface area (Å²) in [5, 5.41) is 5.08. The molecule has 1 aliphatic rings. The zero-order valence-electron chi connectivity index (χ0n) is 8.76. The molecule has 0 amide bonds. The zero-order chi connectivity index (χ0) is 10.8. The molecule has 1 heterocycles. The normalized spacial score (nSPS) is 23.0. The number of nitrogens with one attached hydrogen (secondary N) is 1. The molecule has 0 aliphatic carbocycles. The molecule has 1 aliphatic heterocycles. The van der Waals surface area contributed by atoms with Crippen LogP contribution in [0.5, 0.6) is 0 Å². The van der Waals surface area contributed by atoms with Crippen molar-refractivity contribution in [3.63, 3.8) is 0 Å². The molecule has 2 atom stereocenters. The summed E-state index contributed by atoms with van der Waals surface area (Å²) < 4.78 is 0. The van der Waals surface area contributed by atoms with Gasteiger partial charge in [0.25, 0.3) is 0 Å². The van der Waals surface area contributed by atoms with E-state index in [9.17, 15) is 0 Å². The predicted molar refractivity (Wildman–Crippen MR) is 65.9 cm³/mol. The Morgan fingerprint density at radius 2 is 2.20 bits per heavy atom. The third-order valence-electron chi connectivity index (χ3n) is 3.15. The van der Waals surface area contributed by atoms with Gasteiger partial charge in [-0.15, -0.1) is 0 Å². The molecule has 1 unspecified atom stereocenters. The Hall–Kier alpha value is -0.240. The first kappa shape index (κ1) is 11.3. The molecule has 82 valence electrons. The Kier molecular flexibility index (Phi) is 3.55. The maximum Gasteiger partial charge on any atom is 0.0442 e. The van der Waals surface area contributed by atoms with Gasteiger partial charge in [0.15, 0.2) is 0 Å². The highest BCUT2D eigenvalue weighted by Gasteiger charge is 2.23. The molecule has 1 fully saturated rings. The van der Waals surface area contributed by atoms with Gasteiger partial charge in [-0.1, -0.05) is 30.1 Å². The molecule has 1 N–H and O–H groups in total. The maximum atomic E-state index is 6.18. The molecule has 3 heteroatoms. The van der Waals surface area contributed by atoms with Crippen LogP contribution in [0, 0.1) is 0 Å². The van der Waals surface area contributed by atoms with E-state index in [1.54, 1.807) is 0 Å². The Labute approximate surface area is 101 Å². The monoisotopic (exact) mass is 243 g/mol. The van der Waals surface area contributed by atoms with E-state index in [4.69, 9.17) is 23.2 Å². The largest absolute Gasteiger partial charge is 0.313 e. The molecule has 1 nitrogen and oxygen atoms in total. The topological polar surface area (TPSA) is 12.0 Å². The minimum atomic E-state index is 0.429. The molecule has 0 radical (unpaired) electrons. The third-order valence-corrected chi connectivity index (χ3v) is 3.73. The minimum absolute atomic E-state index is 0.429. The predicted octanol–water partition coefficient (Wildman–Crippen LogP) is 3.85. The van der Waals surface area contributed by atoms with Crippen LogP contribution in [0.4, 0.5) is 0 Å². The van der Waals surface area contributed by atoms with Crippen LogP contribution in [-0.2, 0) is 0 Å². The minimum Gasteiger partial charge on any atom is -0.313 e. The molecule has 1 aromatic carbocycles. The molecule has 0 aromatic heterocycles. The van der Waals surface area contributed by atoms with Crippen molar-refractivity contribution in [2.24, 2.45) is 0 Å². The molecule has 0 saturated carbocycles. The van der Waals surface area contributed by atoms with Crippen molar-refractivity contribution in [2.75, 3.05) is 6.54 Å². The molecule has 1 saturated heterocycles.